The molecule has 8 nitrogen and oxygen atoms in total. The van der Waals surface area contributed by atoms with Gasteiger partial charge >= 0.3 is 0 Å². The molecule has 0 bridgehead atoms. The third-order valence-corrected chi connectivity index (χ3v) is 4.85. The Morgan fingerprint density at radius 2 is 1.82 bits per heavy atom. The average molecular weight is 400 g/mol. The maximum atomic E-state index is 12.9. The molecule has 2 aromatic carbocycles. The van der Waals surface area contributed by atoms with Crippen LogP contribution in [0.2, 0.25) is 0 Å². The number of hydrogen-bond donors (Lipinski definition) is 2. The van der Waals surface area contributed by atoms with Crippen LogP contribution in [0, 0.1) is 19.7 Å². The van der Waals surface area contributed by atoms with Gasteiger partial charge in [0.05, 0.1) is 11.4 Å². The normalized spacial score (nSPS) is 10.5. The molecule has 0 saturated carbocycles. The van der Waals surface area contributed by atoms with E-state index in [1.165, 1.54) is 24.3 Å². The highest BCUT2D eigenvalue weighted by atomic mass is 32.2. The molecule has 1 aromatic heterocycles. The van der Waals surface area contributed by atoms with Crippen molar-refractivity contribution in [1.82, 2.24) is 31.1 Å². The molecule has 144 valence electrons. The lowest BCUT2D eigenvalue weighted by molar-refractivity contribution is -0.119. The summed E-state index contributed by atoms with van der Waals surface area (Å²) < 4.78 is 14.4. The Morgan fingerprint density at radius 3 is 2.54 bits per heavy atom. The van der Waals surface area contributed by atoms with Gasteiger partial charge in [-0.3, -0.25) is 20.4 Å². The van der Waals surface area contributed by atoms with E-state index in [2.05, 4.69) is 26.4 Å². The molecule has 10 heteroatoms. The van der Waals surface area contributed by atoms with Crippen LogP contribution in [0.25, 0.3) is 5.69 Å². The monoisotopic (exact) mass is 400 g/mol. The number of aryl methyl sites for hydroxylation is 2. The van der Waals surface area contributed by atoms with Gasteiger partial charge in [-0.05, 0) is 71.8 Å². The second kappa shape index (κ2) is 8.61. The van der Waals surface area contributed by atoms with Crippen LogP contribution in [0.5, 0.6) is 0 Å². The third-order valence-electron chi connectivity index (χ3n) is 3.93. The molecule has 3 aromatic rings. The quantitative estimate of drug-likeness (QED) is 0.502. The molecule has 0 saturated heterocycles. The van der Waals surface area contributed by atoms with Crippen molar-refractivity contribution in [2.24, 2.45) is 0 Å². The smallest absolute Gasteiger partial charge is 0.269 e. The molecule has 2 N–H and O–H groups in total. The van der Waals surface area contributed by atoms with Crippen molar-refractivity contribution in [1.29, 1.82) is 0 Å². The number of nitrogens with zero attached hydrogens (tertiary/aromatic N) is 4. The summed E-state index contributed by atoms with van der Waals surface area (Å²) in [5, 5.41) is 12.0. The van der Waals surface area contributed by atoms with Gasteiger partial charge in [-0.1, -0.05) is 17.8 Å². The molecule has 0 radical (unpaired) electrons. The van der Waals surface area contributed by atoms with Gasteiger partial charge in [0.1, 0.15) is 5.82 Å². The maximum absolute atomic E-state index is 12.9. The van der Waals surface area contributed by atoms with Crippen LogP contribution in [0.3, 0.4) is 0 Å². The molecule has 0 aliphatic carbocycles. The number of tetrazole rings is 1. The summed E-state index contributed by atoms with van der Waals surface area (Å²) in [4.78, 5) is 23.9. The Labute approximate surface area is 164 Å². The topological polar surface area (TPSA) is 102 Å². The molecular formula is C18H17FN6O2S. The number of thioether (sulfide) groups is 1. The lowest BCUT2D eigenvalue weighted by Crippen LogP contribution is -2.42. The SMILES string of the molecule is Cc1ccc(-n2nnnc2SCC(=O)NNC(=O)c2ccc(F)cc2)cc1C. The van der Waals surface area contributed by atoms with E-state index in [0.717, 1.165) is 28.6 Å². The standard InChI is InChI=1S/C18H17FN6O2S/c1-11-3-8-15(9-12(11)2)25-18(22-23-24-25)28-10-16(26)20-21-17(27)13-4-6-14(19)7-5-13/h3-9H,10H2,1-2H3,(H,20,26)(H,21,27). The molecular weight excluding hydrogens is 383 g/mol. The summed E-state index contributed by atoms with van der Waals surface area (Å²) >= 11 is 1.13. The van der Waals surface area contributed by atoms with Gasteiger partial charge < -0.3 is 0 Å². The minimum atomic E-state index is -0.543. The zero-order chi connectivity index (χ0) is 20.1. The van der Waals surface area contributed by atoms with Crippen LogP contribution in [-0.4, -0.2) is 37.8 Å². The number of aromatic nitrogens is 4. The van der Waals surface area contributed by atoms with E-state index in [1.807, 2.05) is 32.0 Å². The van der Waals surface area contributed by atoms with E-state index < -0.39 is 17.6 Å². The first-order valence-corrected chi connectivity index (χ1v) is 9.26. The van der Waals surface area contributed by atoms with Crippen molar-refractivity contribution in [3.05, 3.63) is 65.0 Å². The molecule has 0 fully saturated rings. The first kappa shape index (κ1) is 19.5. The van der Waals surface area contributed by atoms with Crippen LogP contribution >= 0.6 is 11.8 Å². The summed E-state index contributed by atoms with van der Waals surface area (Å²) in [5.74, 6) is -1.43. The molecule has 0 spiro atoms. The number of amides is 2. The Bertz CT molecular complexity index is 1010. The highest BCUT2D eigenvalue weighted by molar-refractivity contribution is 7.99. The van der Waals surface area contributed by atoms with E-state index >= 15 is 0 Å². The van der Waals surface area contributed by atoms with Gasteiger partial charge in [-0.15, -0.1) is 5.10 Å². The fourth-order valence-corrected chi connectivity index (χ4v) is 2.95. The molecule has 28 heavy (non-hydrogen) atoms. The summed E-state index contributed by atoms with van der Waals surface area (Å²) in [7, 11) is 0. The van der Waals surface area contributed by atoms with E-state index in [4.69, 9.17) is 0 Å². The van der Waals surface area contributed by atoms with Crippen LogP contribution in [-0.2, 0) is 4.79 Å². The van der Waals surface area contributed by atoms with Gasteiger partial charge in [0.25, 0.3) is 5.91 Å². The van der Waals surface area contributed by atoms with Gasteiger partial charge in [0, 0.05) is 5.56 Å². The second-order valence-electron chi connectivity index (χ2n) is 5.94. The zero-order valence-corrected chi connectivity index (χ0v) is 16.0. The number of carbonyl (C=O) groups excluding carboxylic acids is 2. The summed E-state index contributed by atoms with van der Waals surface area (Å²) in [5.41, 5.74) is 7.86. The minimum Gasteiger partial charge on any atom is -0.272 e. The number of carbonyl (C=O) groups is 2. The van der Waals surface area contributed by atoms with Crippen molar-refractivity contribution in [3.8, 4) is 5.69 Å². The summed E-state index contributed by atoms with van der Waals surface area (Å²) in [6, 6.07) is 10.8. The van der Waals surface area contributed by atoms with Crippen molar-refractivity contribution in [2.75, 3.05) is 5.75 Å². The van der Waals surface area contributed by atoms with Crippen LogP contribution in [0.1, 0.15) is 21.5 Å². The van der Waals surface area contributed by atoms with Crippen LogP contribution in [0.15, 0.2) is 47.6 Å². The van der Waals surface area contributed by atoms with Crippen molar-refractivity contribution in [3.63, 3.8) is 0 Å². The van der Waals surface area contributed by atoms with Crippen LogP contribution < -0.4 is 10.9 Å². The largest absolute Gasteiger partial charge is 0.272 e. The lowest BCUT2D eigenvalue weighted by Gasteiger charge is -2.08. The first-order chi connectivity index (χ1) is 13.4. The Morgan fingerprint density at radius 1 is 1.07 bits per heavy atom. The molecule has 0 aliphatic rings. The number of benzene rings is 2. The Kier molecular flexibility index (Phi) is 5.99. The first-order valence-electron chi connectivity index (χ1n) is 8.27. The molecule has 0 unspecified atom stereocenters. The molecule has 0 atom stereocenters. The maximum Gasteiger partial charge on any atom is 0.269 e. The Hall–Kier alpha value is -3.27. The van der Waals surface area contributed by atoms with E-state index in [-0.39, 0.29) is 11.3 Å². The van der Waals surface area contributed by atoms with Crippen LogP contribution in [0.4, 0.5) is 4.39 Å². The average Bonchev–Trinajstić information content (AvgIpc) is 3.16. The van der Waals surface area contributed by atoms with Crippen molar-refractivity contribution in [2.45, 2.75) is 19.0 Å². The Balaban J connectivity index is 1.55. The molecule has 2 amide bonds. The third kappa shape index (κ3) is 4.71. The highest BCUT2D eigenvalue weighted by Gasteiger charge is 2.13. The van der Waals surface area contributed by atoms with Crippen molar-refractivity contribution < 1.29 is 14.0 Å². The molecule has 3 rings (SSSR count). The highest BCUT2D eigenvalue weighted by Crippen LogP contribution is 2.19. The molecule has 1 heterocycles. The van der Waals surface area contributed by atoms with E-state index in [0.29, 0.717) is 5.16 Å². The number of hydrogen-bond acceptors (Lipinski definition) is 6. The predicted octanol–water partition coefficient (Wildman–Crippen LogP) is 1.97. The number of nitrogens with one attached hydrogen (secondary N) is 2. The lowest BCUT2D eigenvalue weighted by atomic mass is 10.1. The number of halogens is 1. The van der Waals surface area contributed by atoms with Gasteiger partial charge in [-0.25, -0.2) is 4.39 Å². The van der Waals surface area contributed by atoms with Gasteiger partial charge in [0.2, 0.25) is 11.1 Å². The van der Waals surface area contributed by atoms with E-state index in [1.54, 1.807) is 4.68 Å². The predicted molar refractivity (Wildman–Crippen MR) is 101 cm³/mol. The van der Waals surface area contributed by atoms with Gasteiger partial charge in [-0.2, -0.15) is 4.68 Å². The fraction of sp³-hybridized carbons (Fsp3) is 0.167. The van der Waals surface area contributed by atoms with Gasteiger partial charge in [0.15, 0.2) is 0 Å². The summed E-state index contributed by atoms with van der Waals surface area (Å²) in [6.07, 6.45) is 0. The van der Waals surface area contributed by atoms with Crippen molar-refractivity contribution >= 4 is 23.6 Å². The minimum absolute atomic E-state index is 0.00504. The number of hydrazine groups is 1. The number of rotatable bonds is 5. The second-order valence-corrected chi connectivity index (χ2v) is 6.88. The summed E-state index contributed by atoms with van der Waals surface area (Å²) in [6.45, 7) is 4.01. The molecule has 0 aliphatic heterocycles. The fourth-order valence-electron chi connectivity index (χ4n) is 2.25. The van der Waals surface area contributed by atoms with E-state index in [9.17, 15) is 14.0 Å². The zero-order valence-electron chi connectivity index (χ0n) is 15.1.